The van der Waals surface area contributed by atoms with Gasteiger partial charge in [-0.2, -0.15) is 0 Å². The van der Waals surface area contributed by atoms with Gasteiger partial charge in [0.05, 0.1) is 16.1 Å². The fourth-order valence-electron chi connectivity index (χ4n) is 8.40. The molecular weight excluding hydrogens is 703 g/mol. The summed E-state index contributed by atoms with van der Waals surface area (Å²) in [5.41, 5.74) is 10.8. The number of thiophene rings is 2. The first kappa shape index (κ1) is 32.0. The van der Waals surface area contributed by atoms with E-state index < -0.39 is 0 Å². The van der Waals surface area contributed by atoms with E-state index in [4.69, 9.17) is 0 Å². The van der Waals surface area contributed by atoms with Gasteiger partial charge in [0.2, 0.25) is 0 Å². The van der Waals surface area contributed by atoms with Crippen molar-refractivity contribution < 1.29 is 0 Å². The molecule has 2 aromatic heterocycles. The zero-order valence-corrected chi connectivity index (χ0v) is 31.4. The van der Waals surface area contributed by atoms with E-state index in [1.807, 2.05) is 22.7 Å². The predicted octanol–water partition coefficient (Wildman–Crippen LogP) is 16.0. The molecule has 1 nitrogen and oxygen atoms in total. The minimum absolute atomic E-state index is 1.12. The molecule has 0 unspecified atom stereocenters. The topological polar surface area (TPSA) is 3.24 Å². The second-order valence-electron chi connectivity index (χ2n) is 14.0. The molecule has 0 aliphatic heterocycles. The van der Waals surface area contributed by atoms with E-state index in [0.29, 0.717) is 0 Å². The van der Waals surface area contributed by atoms with Crippen molar-refractivity contribution in [2.45, 2.75) is 0 Å². The highest BCUT2D eigenvalue weighted by Crippen LogP contribution is 2.49. The first-order valence-corrected chi connectivity index (χ1v) is 20.3. The second-order valence-corrected chi connectivity index (χ2v) is 16.1. The molecule has 0 N–H and O–H groups in total. The number of hydrogen-bond acceptors (Lipinski definition) is 3. The van der Waals surface area contributed by atoms with Crippen molar-refractivity contribution in [3.63, 3.8) is 0 Å². The molecule has 0 amide bonds. The molecule has 9 aromatic carbocycles. The molecule has 2 heterocycles. The molecular formula is C52H33NS2. The molecule has 258 valence electrons. The van der Waals surface area contributed by atoms with Gasteiger partial charge in [0.15, 0.2) is 0 Å². The summed E-state index contributed by atoms with van der Waals surface area (Å²) in [4.78, 5) is 2.49. The van der Waals surface area contributed by atoms with Gasteiger partial charge in [-0.3, -0.25) is 0 Å². The number of rotatable bonds is 6. The number of hydrogen-bond donors (Lipinski definition) is 0. The smallest absolute Gasteiger partial charge is 0.0640 e. The maximum atomic E-state index is 2.49. The normalized spacial score (nSPS) is 11.6. The van der Waals surface area contributed by atoms with E-state index in [1.165, 1.54) is 90.2 Å². The molecule has 0 fully saturated rings. The second kappa shape index (κ2) is 13.1. The van der Waals surface area contributed by atoms with Gasteiger partial charge < -0.3 is 4.90 Å². The molecule has 0 radical (unpaired) electrons. The molecule has 3 heteroatoms. The van der Waals surface area contributed by atoms with Crippen molar-refractivity contribution in [1.82, 2.24) is 0 Å². The molecule has 0 saturated carbocycles. The van der Waals surface area contributed by atoms with Gasteiger partial charge in [-0.05, 0) is 75.0 Å². The lowest BCUT2D eigenvalue weighted by Crippen LogP contribution is -2.11. The Labute approximate surface area is 327 Å². The highest BCUT2D eigenvalue weighted by Gasteiger charge is 2.22. The number of para-hydroxylation sites is 1. The number of anilines is 3. The summed E-state index contributed by atoms with van der Waals surface area (Å²) >= 11 is 3.75. The first-order valence-electron chi connectivity index (χ1n) is 18.7. The van der Waals surface area contributed by atoms with Crippen molar-refractivity contribution >= 4 is 90.9 Å². The van der Waals surface area contributed by atoms with Crippen LogP contribution in [-0.4, -0.2) is 0 Å². The van der Waals surface area contributed by atoms with E-state index in [2.05, 4.69) is 205 Å². The Morgan fingerprint density at radius 1 is 0.309 bits per heavy atom. The molecule has 0 atom stereocenters. The number of benzene rings is 9. The Balaban J connectivity index is 1.14. The van der Waals surface area contributed by atoms with Crippen LogP contribution in [0.3, 0.4) is 0 Å². The minimum atomic E-state index is 1.12. The average molecular weight is 736 g/mol. The van der Waals surface area contributed by atoms with Crippen molar-refractivity contribution in [1.29, 1.82) is 0 Å². The van der Waals surface area contributed by atoms with Gasteiger partial charge in [-0.25, -0.2) is 0 Å². The van der Waals surface area contributed by atoms with E-state index >= 15 is 0 Å². The zero-order chi connectivity index (χ0) is 36.3. The van der Waals surface area contributed by atoms with Crippen molar-refractivity contribution in [3.8, 4) is 33.4 Å². The van der Waals surface area contributed by atoms with E-state index in [-0.39, 0.29) is 0 Å². The Hall–Kier alpha value is -6.52. The van der Waals surface area contributed by atoms with Crippen LogP contribution in [0, 0.1) is 0 Å². The molecule has 0 saturated heterocycles. The summed E-state index contributed by atoms with van der Waals surface area (Å²) < 4.78 is 5.23. The van der Waals surface area contributed by atoms with Crippen LogP contribution in [0.25, 0.3) is 84.5 Å². The predicted molar refractivity (Wildman–Crippen MR) is 241 cm³/mol. The monoisotopic (exact) mass is 735 g/mol. The Bertz CT molecular complexity index is 3200. The zero-order valence-electron chi connectivity index (χ0n) is 29.8. The maximum Gasteiger partial charge on any atom is 0.0640 e. The van der Waals surface area contributed by atoms with Gasteiger partial charge in [0.1, 0.15) is 0 Å². The fourth-order valence-corrected chi connectivity index (χ4v) is 10.8. The van der Waals surface area contributed by atoms with Gasteiger partial charge in [0.25, 0.3) is 0 Å². The summed E-state index contributed by atoms with van der Waals surface area (Å²) in [7, 11) is 0. The van der Waals surface area contributed by atoms with Crippen molar-refractivity contribution in [2.24, 2.45) is 0 Å². The van der Waals surface area contributed by atoms with E-state index in [0.717, 1.165) is 11.4 Å². The lowest BCUT2D eigenvalue weighted by Gasteiger charge is -2.29. The molecule has 0 spiro atoms. The number of fused-ring (bicyclic) bond motifs is 7. The summed E-state index contributed by atoms with van der Waals surface area (Å²) in [6.07, 6.45) is 0. The third-order valence-electron chi connectivity index (χ3n) is 10.9. The fraction of sp³-hybridized carbons (Fsp3) is 0. The average Bonchev–Trinajstić information content (AvgIpc) is 3.83. The SMILES string of the molecule is c1ccc(-c2cccc3cccc(-c4ccccc4N(c4ccc(-c5cccc6c5sc5ccccc56)cc4)c4cccc5c4sc4ccccc45)c23)cc1. The third kappa shape index (κ3) is 5.27. The molecule has 11 aromatic rings. The number of nitrogens with zero attached hydrogens (tertiary/aromatic N) is 1. The van der Waals surface area contributed by atoms with Crippen LogP contribution in [0.4, 0.5) is 17.1 Å². The van der Waals surface area contributed by atoms with Crippen LogP contribution in [-0.2, 0) is 0 Å². The maximum absolute atomic E-state index is 2.49. The highest BCUT2D eigenvalue weighted by atomic mass is 32.1. The van der Waals surface area contributed by atoms with Crippen molar-refractivity contribution in [3.05, 3.63) is 200 Å². The quantitative estimate of drug-likeness (QED) is 0.164. The van der Waals surface area contributed by atoms with Gasteiger partial charge in [-0.1, -0.05) is 164 Å². The molecule has 0 aliphatic carbocycles. The summed E-state index contributed by atoms with van der Waals surface area (Å²) in [5.74, 6) is 0. The Kier molecular flexibility index (Phi) is 7.61. The summed E-state index contributed by atoms with van der Waals surface area (Å²) in [5, 5.41) is 7.71. The lowest BCUT2D eigenvalue weighted by atomic mass is 9.90. The van der Waals surface area contributed by atoms with Crippen LogP contribution in [0.1, 0.15) is 0 Å². The molecule has 11 rings (SSSR count). The molecule has 0 bridgehead atoms. The van der Waals surface area contributed by atoms with Crippen molar-refractivity contribution in [2.75, 3.05) is 4.90 Å². The molecule has 0 aliphatic rings. The van der Waals surface area contributed by atoms with Crippen LogP contribution >= 0.6 is 22.7 Å². The van der Waals surface area contributed by atoms with Crippen LogP contribution < -0.4 is 4.90 Å². The van der Waals surface area contributed by atoms with Gasteiger partial charge in [-0.15, -0.1) is 22.7 Å². The highest BCUT2D eigenvalue weighted by molar-refractivity contribution is 7.26. The Morgan fingerprint density at radius 3 is 1.58 bits per heavy atom. The third-order valence-corrected chi connectivity index (χ3v) is 13.3. The van der Waals surface area contributed by atoms with Crippen LogP contribution in [0.5, 0.6) is 0 Å². The first-order chi connectivity index (χ1) is 27.3. The summed E-state index contributed by atoms with van der Waals surface area (Å²) in [6.45, 7) is 0. The Morgan fingerprint density at radius 2 is 0.818 bits per heavy atom. The standard InChI is InChI=1S/C52H33NS2/c1-2-14-34(15-3-1)38-21-10-16-36-17-11-23-43(50(36)38)40-18-4-7-26-46(40)53(47-27-13-25-45-42-20-6-9-29-49(42)55-52(45)47)37-32-30-35(31-33-37)39-22-12-24-44-41-19-5-8-28-48(41)54-51(39)44/h1-33H. The van der Waals surface area contributed by atoms with Gasteiger partial charge >= 0.3 is 0 Å². The van der Waals surface area contributed by atoms with E-state index in [9.17, 15) is 0 Å². The van der Waals surface area contributed by atoms with Crippen LogP contribution in [0.15, 0.2) is 200 Å². The summed E-state index contributed by atoms with van der Waals surface area (Å²) in [6, 6.07) is 73.4. The molecule has 55 heavy (non-hydrogen) atoms. The van der Waals surface area contributed by atoms with E-state index in [1.54, 1.807) is 0 Å². The van der Waals surface area contributed by atoms with Crippen LogP contribution in [0.2, 0.25) is 0 Å². The minimum Gasteiger partial charge on any atom is -0.308 e. The lowest BCUT2D eigenvalue weighted by molar-refractivity contribution is 1.30. The van der Waals surface area contributed by atoms with Gasteiger partial charge in [0, 0.05) is 46.9 Å². The largest absolute Gasteiger partial charge is 0.308 e.